The number of aryl methyl sites for hydroxylation is 2. The molecule has 0 bridgehead atoms. The molecule has 1 atom stereocenters. The second-order valence-electron chi connectivity index (χ2n) is 5.68. The molecule has 1 aliphatic heterocycles. The van der Waals surface area contributed by atoms with E-state index in [1.54, 1.807) is 0 Å². The van der Waals surface area contributed by atoms with Gasteiger partial charge in [-0.2, -0.15) is 11.8 Å². The van der Waals surface area contributed by atoms with Gasteiger partial charge in [-0.25, -0.2) is 0 Å². The minimum Gasteiger partial charge on any atom is -0.466 e. The van der Waals surface area contributed by atoms with Crippen molar-refractivity contribution in [2.75, 3.05) is 18.8 Å². The smallest absolute Gasteiger partial charge is 0.257 e. The van der Waals surface area contributed by atoms with E-state index in [0.29, 0.717) is 10.8 Å². The fourth-order valence-electron chi connectivity index (χ4n) is 2.92. The molecule has 116 valence electrons. The fourth-order valence-corrected chi connectivity index (χ4v) is 4.15. The quantitative estimate of drug-likeness (QED) is 0.832. The molecular weight excluding hydrogens is 294 g/mol. The van der Waals surface area contributed by atoms with Crippen molar-refractivity contribution in [1.29, 1.82) is 0 Å². The molecule has 1 aliphatic rings. The van der Waals surface area contributed by atoms with E-state index in [4.69, 9.17) is 4.42 Å². The second-order valence-corrected chi connectivity index (χ2v) is 6.99. The maximum Gasteiger partial charge on any atom is 0.257 e. The van der Waals surface area contributed by atoms with Crippen LogP contribution in [0.1, 0.15) is 39.1 Å². The Morgan fingerprint density at radius 2 is 2.00 bits per heavy atom. The summed E-state index contributed by atoms with van der Waals surface area (Å²) in [7, 11) is 0. The summed E-state index contributed by atoms with van der Waals surface area (Å²) in [5, 5.41) is 0.478. The Balaban J connectivity index is 1.70. The van der Waals surface area contributed by atoms with Crippen LogP contribution in [0, 0.1) is 13.8 Å². The van der Waals surface area contributed by atoms with Gasteiger partial charge in [-0.05, 0) is 31.9 Å². The van der Waals surface area contributed by atoms with Gasteiger partial charge in [0.05, 0.1) is 5.56 Å². The van der Waals surface area contributed by atoms with Crippen molar-refractivity contribution >= 4 is 17.7 Å². The third-order valence-corrected chi connectivity index (χ3v) is 5.40. The van der Waals surface area contributed by atoms with E-state index in [2.05, 4.69) is 24.3 Å². The van der Waals surface area contributed by atoms with Crippen LogP contribution < -0.4 is 0 Å². The van der Waals surface area contributed by atoms with Crippen molar-refractivity contribution < 1.29 is 9.21 Å². The number of amides is 1. The van der Waals surface area contributed by atoms with Crippen LogP contribution in [0.5, 0.6) is 0 Å². The van der Waals surface area contributed by atoms with E-state index < -0.39 is 0 Å². The summed E-state index contributed by atoms with van der Waals surface area (Å²) in [6, 6.07) is 12.4. The van der Waals surface area contributed by atoms with Crippen LogP contribution in [0.3, 0.4) is 0 Å². The lowest BCUT2D eigenvalue weighted by atomic mass is 10.1. The molecule has 1 amide bonds. The molecule has 0 saturated carbocycles. The first-order valence-electron chi connectivity index (χ1n) is 7.68. The average Bonchev–Trinajstić information content (AvgIpc) is 2.74. The highest BCUT2D eigenvalue weighted by Gasteiger charge is 2.24. The summed E-state index contributed by atoms with van der Waals surface area (Å²) in [4.78, 5) is 14.7. The van der Waals surface area contributed by atoms with Gasteiger partial charge in [0, 0.05) is 24.1 Å². The van der Waals surface area contributed by atoms with E-state index in [1.165, 1.54) is 5.56 Å². The molecule has 2 aromatic rings. The largest absolute Gasteiger partial charge is 0.466 e. The summed E-state index contributed by atoms with van der Waals surface area (Å²) in [5.74, 6) is 2.59. The summed E-state index contributed by atoms with van der Waals surface area (Å²) in [5.41, 5.74) is 2.07. The topological polar surface area (TPSA) is 33.5 Å². The molecule has 0 radical (unpaired) electrons. The van der Waals surface area contributed by atoms with Gasteiger partial charge < -0.3 is 9.32 Å². The van der Waals surface area contributed by atoms with Crippen molar-refractivity contribution in [3.63, 3.8) is 0 Å². The van der Waals surface area contributed by atoms with E-state index in [9.17, 15) is 4.79 Å². The molecule has 2 heterocycles. The Kier molecular flexibility index (Phi) is 4.57. The summed E-state index contributed by atoms with van der Waals surface area (Å²) in [6.45, 7) is 5.35. The number of rotatable bonds is 2. The van der Waals surface area contributed by atoms with Crippen LogP contribution in [-0.2, 0) is 0 Å². The maximum atomic E-state index is 12.7. The van der Waals surface area contributed by atoms with Crippen molar-refractivity contribution in [3.8, 4) is 0 Å². The summed E-state index contributed by atoms with van der Waals surface area (Å²) < 4.78 is 5.50. The number of furan rings is 1. The molecule has 3 nitrogen and oxygen atoms in total. The number of hydrogen-bond acceptors (Lipinski definition) is 3. The number of nitrogens with zero attached hydrogens (tertiary/aromatic N) is 1. The third kappa shape index (κ3) is 3.22. The predicted molar refractivity (Wildman–Crippen MR) is 90.3 cm³/mol. The Labute approximate surface area is 135 Å². The van der Waals surface area contributed by atoms with Gasteiger partial charge in [0.15, 0.2) is 0 Å². The standard InChI is InChI=1S/C18H21NO2S/c1-13-12-16(14(2)21-13)18(20)19-9-8-17(22-11-10-19)15-6-4-3-5-7-15/h3-7,12,17H,8-11H2,1-2H3/t17-/m1/s1. The molecule has 1 saturated heterocycles. The van der Waals surface area contributed by atoms with Crippen LogP contribution >= 0.6 is 11.8 Å². The number of benzene rings is 1. The SMILES string of the molecule is Cc1cc(C(=O)N2CCS[C@@H](c3ccccc3)CC2)c(C)o1. The van der Waals surface area contributed by atoms with Crippen LogP contribution in [-0.4, -0.2) is 29.6 Å². The molecule has 22 heavy (non-hydrogen) atoms. The van der Waals surface area contributed by atoms with E-state index >= 15 is 0 Å². The zero-order chi connectivity index (χ0) is 15.5. The summed E-state index contributed by atoms with van der Waals surface area (Å²) >= 11 is 1.95. The zero-order valence-electron chi connectivity index (χ0n) is 13.0. The molecule has 0 unspecified atom stereocenters. The lowest BCUT2D eigenvalue weighted by molar-refractivity contribution is 0.0765. The minimum atomic E-state index is 0.101. The van der Waals surface area contributed by atoms with Gasteiger partial charge in [0.25, 0.3) is 5.91 Å². The molecule has 3 rings (SSSR count). The first-order valence-corrected chi connectivity index (χ1v) is 8.73. The van der Waals surface area contributed by atoms with Crippen molar-refractivity contribution in [1.82, 2.24) is 4.90 Å². The van der Waals surface area contributed by atoms with Gasteiger partial charge in [0.2, 0.25) is 0 Å². The number of thioether (sulfide) groups is 1. The van der Waals surface area contributed by atoms with Crippen LogP contribution in [0.4, 0.5) is 0 Å². The number of carbonyl (C=O) groups is 1. The van der Waals surface area contributed by atoms with Crippen molar-refractivity contribution in [3.05, 3.63) is 59.0 Å². The Morgan fingerprint density at radius 1 is 1.23 bits per heavy atom. The fraction of sp³-hybridized carbons (Fsp3) is 0.389. The highest BCUT2D eigenvalue weighted by molar-refractivity contribution is 7.99. The van der Waals surface area contributed by atoms with Crippen molar-refractivity contribution in [2.24, 2.45) is 0 Å². The van der Waals surface area contributed by atoms with Gasteiger partial charge in [-0.15, -0.1) is 0 Å². The second kappa shape index (κ2) is 6.61. The van der Waals surface area contributed by atoms with Gasteiger partial charge in [-0.1, -0.05) is 30.3 Å². The first-order chi connectivity index (χ1) is 10.6. The van der Waals surface area contributed by atoms with E-state index in [-0.39, 0.29) is 5.91 Å². The molecule has 4 heteroatoms. The lowest BCUT2D eigenvalue weighted by Gasteiger charge is -2.20. The summed E-state index contributed by atoms with van der Waals surface area (Å²) in [6.07, 6.45) is 0.996. The highest BCUT2D eigenvalue weighted by Crippen LogP contribution is 2.34. The van der Waals surface area contributed by atoms with Crippen LogP contribution in [0.25, 0.3) is 0 Å². The Morgan fingerprint density at radius 3 is 2.68 bits per heavy atom. The van der Waals surface area contributed by atoms with E-state index in [0.717, 1.165) is 36.8 Å². The zero-order valence-corrected chi connectivity index (χ0v) is 13.9. The van der Waals surface area contributed by atoms with Crippen LogP contribution in [0.15, 0.2) is 40.8 Å². The molecule has 0 N–H and O–H groups in total. The minimum absolute atomic E-state index is 0.101. The Hall–Kier alpha value is -1.68. The maximum absolute atomic E-state index is 12.7. The van der Waals surface area contributed by atoms with Crippen molar-refractivity contribution in [2.45, 2.75) is 25.5 Å². The molecule has 0 aliphatic carbocycles. The number of hydrogen-bond donors (Lipinski definition) is 0. The van der Waals surface area contributed by atoms with Crippen LogP contribution in [0.2, 0.25) is 0 Å². The van der Waals surface area contributed by atoms with E-state index in [1.807, 2.05) is 42.6 Å². The lowest BCUT2D eigenvalue weighted by Crippen LogP contribution is -2.33. The normalized spacial score (nSPS) is 19.0. The van der Waals surface area contributed by atoms with Gasteiger partial charge in [0.1, 0.15) is 11.5 Å². The number of carbonyl (C=O) groups excluding carboxylic acids is 1. The predicted octanol–water partition coefficient (Wildman–Crippen LogP) is 4.22. The average molecular weight is 315 g/mol. The molecular formula is C18H21NO2S. The molecule has 0 spiro atoms. The molecule has 1 fully saturated rings. The Bertz CT molecular complexity index is 650. The molecule has 1 aromatic heterocycles. The highest BCUT2D eigenvalue weighted by atomic mass is 32.2. The first kappa shape index (κ1) is 15.2. The van der Waals surface area contributed by atoms with Gasteiger partial charge in [-0.3, -0.25) is 4.79 Å². The van der Waals surface area contributed by atoms with Gasteiger partial charge >= 0.3 is 0 Å². The third-order valence-electron chi connectivity index (χ3n) is 4.07. The molecule has 1 aromatic carbocycles. The monoisotopic (exact) mass is 315 g/mol.